The smallest absolute Gasteiger partial charge is 0.216 e. The van der Waals surface area contributed by atoms with Gasteiger partial charge in [-0.1, -0.05) is 86.4 Å². The normalized spacial score (nSPS) is 12.4. The van der Waals surface area contributed by atoms with E-state index in [4.69, 9.17) is 12.1 Å². The van der Waals surface area contributed by atoms with E-state index >= 15 is 0 Å². The van der Waals surface area contributed by atoms with E-state index in [1.807, 2.05) is 87.6 Å². The van der Waals surface area contributed by atoms with Gasteiger partial charge in [0.25, 0.3) is 0 Å². The van der Waals surface area contributed by atoms with Crippen LogP contribution in [0.3, 0.4) is 0 Å². The number of pyridine rings is 2. The molecule has 0 amide bonds. The predicted octanol–water partition coefficient (Wildman–Crippen LogP) is 11.0. The van der Waals surface area contributed by atoms with Gasteiger partial charge in [-0.05, 0) is 79.3 Å². The Morgan fingerprint density at radius 2 is 1.58 bits per heavy atom. The molecule has 0 aliphatic heterocycles. The monoisotopic (exact) mass is 879 g/mol. The molecule has 4 aromatic carbocycles. The molecule has 1 radical (unpaired) electrons. The molecule has 0 atom stereocenters. The molecule has 0 fully saturated rings. The molecule has 0 saturated heterocycles. The van der Waals surface area contributed by atoms with Crippen LogP contribution < -0.4 is 5.19 Å². The van der Waals surface area contributed by atoms with Crippen molar-refractivity contribution in [2.75, 3.05) is 0 Å². The Kier molecular flexibility index (Phi) is 10.0. The van der Waals surface area contributed by atoms with Gasteiger partial charge in [-0.25, -0.2) is 4.98 Å². The van der Waals surface area contributed by atoms with Gasteiger partial charge in [0.2, 0.25) is 5.71 Å². The number of rotatable bonds is 6. The molecule has 4 aromatic heterocycles. The van der Waals surface area contributed by atoms with Crippen LogP contribution in [-0.4, -0.2) is 27.6 Å². The number of furan rings is 1. The maximum absolute atomic E-state index is 8.55. The summed E-state index contributed by atoms with van der Waals surface area (Å²) in [5, 5.41) is 3.13. The van der Waals surface area contributed by atoms with Gasteiger partial charge in [-0.15, -0.1) is 54.1 Å². The van der Waals surface area contributed by atoms with E-state index in [1.165, 1.54) is 11.1 Å². The minimum absolute atomic E-state index is 0. The van der Waals surface area contributed by atoms with E-state index in [0.717, 1.165) is 72.2 Å². The topological polar surface area (TPSA) is 56.7 Å². The zero-order valence-corrected chi connectivity index (χ0v) is 34.3. The molecule has 0 unspecified atom stereocenters. The summed E-state index contributed by atoms with van der Waals surface area (Å²) in [4.78, 5) is 14.2. The van der Waals surface area contributed by atoms with Crippen LogP contribution in [0, 0.1) is 38.8 Å². The first-order valence-corrected chi connectivity index (χ1v) is 21.0. The molecule has 0 saturated carbocycles. The Hall–Kier alpha value is -4.68. The largest absolute Gasteiger partial charge is 0.486 e. The maximum atomic E-state index is 8.55. The van der Waals surface area contributed by atoms with Crippen molar-refractivity contribution in [3.63, 3.8) is 0 Å². The Labute approximate surface area is 324 Å². The second-order valence-corrected chi connectivity index (χ2v) is 19.5. The number of hydrogen-bond donors (Lipinski definition) is 0. The Morgan fingerprint density at radius 3 is 2.29 bits per heavy atom. The zero-order chi connectivity index (χ0) is 37.7. The first kappa shape index (κ1) is 34.4. The summed E-state index contributed by atoms with van der Waals surface area (Å²) in [7, 11) is -1.67. The minimum Gasteiger partial charge on any atom is -0.486 e. The van der Waals surface area contributed by atoms with Gasteiger partial charge in [0.05, 0.1) is 30.5 Å². The van der Waals surface area contributed by atoms with E-state index < -0.39 is 14.4 Å². The van der Waals surface area contributed by atoms with Crippen LogP contribution in [0.15, 0.2) is 108 Å². The molecular formula is C45H44IrN4OSi-2. The summed E-state index contributed by atoms with van der Waals surface area (Å²) < 4.78 is 25.6. The summed E-state index contributed by atoms with van der Waals surface area (Å²) in [5.41, 5.74) is 11.2. The van der Waals surface area contributed by atoms with Crippen LogP contribution in [-0.2, 0) is 26.5 Å². The first-order valence-electron chi connectivity index (χ1n) is 18.5. The molecule has 0 aliphatic rings. The van der Waals surface area contributed by atoms with Gasteiger partial charge in [0, 0.05) is 45.8 Å². The fraction of sp³-hybridized carbons (Fsp3) is 0.222. The van der Waals surface area contributed by atoms with Gasteiger partial charge in [-0.3, -0.25) is 4.98 Å². The fourth-order valence-electron chi connectivity index (χ4n) is 6.64. The number of hydrogen-bond acceptors (Lipinski definition) is 4. The van der Waals surface area contributed by atoms with Crippen molar-refractivity contribution in [1.29, 1.82) is 0 Å². The number of benzene rings is 4. The van der Waals surface area contributed by atoms with Crippen molar-refractivity contribution in [2.24, 2.45) is 5.92 Å². The summed E-state index contributed by atoms with van der Waals surface area (Å²) in [6, 6.07) is 38.9. The van der Waals surface area contributed by atoms with Crippen LogP contribution in [0.2, 0.25) is 19.6 Å². The molecular weight excluding hydrogens is 833 g/mol. The molecule has 8 rings (SSSR count). The predicted molar refractivity (Wildman–Crippen MR) is 215 cm³/mol. The molecule has 0 bridgehead atoms. The summed E-state index contributed by atoms with van der Waals surface area (Å²) >= 11 is 0. The molecule has 8 aromatic rings. The molecule has 0 aliphatic carbocycles. The summed E-state index contributed by atoms with van der Waals surface area (Å²) in [5.74, 6) is 0.734. The first-order chi connectivity index (χ1) is 25.3. The molecule has 0 spiro atoms. The van der Waals surface area contributed by atoms with Crippen LogP contribution in [0.5, 0.6) is 0 Å². The average Bonchev–Trinajstić information content (AvgIpc) is 3.70. The van der Waals surface area contributed by atoms with Crippen molar-refractivity contribution in [2.45, 2.75) is 60.6 Å². The van der Waals surface area contributed by atoms with Gasteiger partial charge in [0.15, 0.2) is 0 Å². The molecule has 5 nitrogen and oxygen atoms in total. The van der Waals surface area contributed by atoms with E-state index in [0.29, 0.717) is 5.71 Å². The van der Waals surface area contributed by atoms with Gasteiger partial charge in [0.1, 0.15) is 0 Å². The summed E-state index contributed by atoms with van der Waals surface area (Å²) in [6.07, 6.45) is 0.528. The summed E-state index contributed by atoms with van der Waals surface area (Å²) in [6.45, 7) is 16.8. The van der Waals surface area contributed by atoms with Crippen molar-refractivity contribution in [1.82, 2.24) is 19.5 Å². The van der Waals surface area contributed by atoms with E-state index in [-0.39, 0.29) is 26.0 Å². The standard InChI is InChI=1S/C27H20N3O.C18H24NSi.Ir/c1-16-8-6-9-17(2)24(16)30-23-13-5-4-12-22(23)29-26(30)21-11-7-10-19-20-15-14-18(3)28-27(20)31-25(19)21;1-14(2)11-16-12-17(15-9-7-6-8-10-15)19-13-18(16)20(3,4)5;/h4-10,12-15H,1-3H3;6-9,12-14H,11H2,1-5H3;/q2*-1;/i;11D2;. The van der Waals surface area contributed by atoms with Gasteiger partial charge in [-0.2, -0.15) is 0 Å². The number of nitrogens with zero attached hydrogens (tertiary/aromatic N) is 4. The Balaban J connectivity index is 0.000000193. The van der Waals surface area contributed by atoms with Crippen LogP contribution >= 0.6 is 0 Å². The molecule has 0 N–H and O–H groups in total. The number of imidazole rings is 1. The van der Waals surface area contributed by atoms with Crippen LogP contribution in [0.1, 0.15) is 39.0 Å². The zero-order valence-electron chi connectivity index (χ0n) is 32.9. The third-order valence-electron chi connectivity index (χ3n) is 9.03. The Bertz CT molecular complexity index is 2590. The van der Waals surface area contributed by atoms with Crippen molar-refractivity contribution in [3.8, 4) is 28.3 Å². The van der Waals surface area contributed by atoms with E-state index in [9.17, 15) is 0 Å². The van der Waals surface area contributed by atoms with Gasteiger partial charge < -0.3 is 14.0 Å². The van der Waals surface area contributed by atoms with Crippen molar-refractivity contribution < 1.29 is 27.3 Å². The molecule has 52 heavy (non-hydrogen) atoms. The fourth-order valence-corrected chi connectivity index (χ4v) is 8.05. The number of para-hydroxylation sites is 3. The number of aryl methyl sites for hydroxylation is 3. The second-order valence-electron chi connectivity index (χ2n) is 14.4. The number of aromatic nitrogens is 4. The quantitative estimate of drug-likeness (QED) is 0.123. The third kappa shape index (κ3) is 7.31. The maximum Gasteiger partial charge on any atom is 0.216 e. The Morgan fingerprint density at radius 1 is 0.827 bits per heavy atom. The van der Waals surface area contributed by atoms with Crippen molar-refractivity contribution >= 4 is 46.4 Å². The molecule has 4 heterocycles. The minimum atomic E-state index is -1.67. The average molecular weight is 879 g/mol. The van der Waals surface area contributed by atoms with Crippen molar-refractivity contribution in [3.05, 3.63) is 138 Å². The number of fused-ring (bicyclic) bond motifs is 4. The molecule has 7 heteroatoms. The third-order valence-corrected chi connectivity index (χ3v) is 11.0. The van der Waals surface area contributed by atoms with E-state index in [2.05, 4.69) is 96.6 Å². The SMILES string of the molecule is Cc1ccc2c(n1)oc1c(-c3nc4ccccc4n3-c3c(C)cccc3C)[c-]ccc12.[2H]C([2H])(c1cc(-c2[c-]cccc2)ncc1[Si](C)(C)C)C(C)C.[Ir]. The van der Waals surface area contributed by atoms with Crippen LogP contribution in [0.4, 0.5) is 0 Å². The second kappa shape index (κ2) is 15.1. The van der Waals surface area contributed by atoms with Gasteiger partial charge >= 0.3 is 0 Å². The van der Waals surface area contributed by atoms with Crippen LogP contribution in [0.25, 0.3) is 61.4 Å². The molecule has 265 valence electrons. The van der Waals surface area contributed by atoms with E-state index in [1.54, 1.807) is 0 Å².